The average molecular weight is 382 g/mol. The Kier molecular flexibility index (Phi) is 5.60. The van der Waals surface area contributed by atoms with Crippen LogP contribution < -0.4 is 5.56 Å². The van der Waals surface area contributed by atoms with E-state index in [0.29, 0.717) is 22.8 Å². The molecule has 4 nitrogen and oxygen atoms in total. The van der Waals surface area contributed by atoms with Crippen LogP contribution in [0.25, 0.3) is 21.3 Å². The van der Waals surface area contributed by atoms with Crippen molar-refractivity contribution in [2.75, 3.05) is 5.75 Å². The summed E-state index contributed by atoms with van der Waals surface area (Å²) in [5.74, 6) is 0.498. The third-order valence-corrected chi connectivity index (χ3v) is 6.12. The van der Waals surface area contributed by atoms with E-state index in [-0.39, 0.29) is 11.5 Å². The third kappa shape index (κ3) is 3.59. The Morgan fingerprint density at radius 3 is 2.81 bits per heavy atom. The summed E-state index contributed by atoms with van der Waals surface area (Å²) in [7, 11) is 0. The van der Waals surface area contributed by atoms with Crippen molar-refractivity contribution in [1.29, 1.82) is 5.26 Å². The van der Waals surface area contributed by atoms with Crippen molar-refractivity contribution in [3.8, 4) is 17.2 Å². The molecule has 3 aromatic rings. The summed E-state index contributed by atoms with van der Waals surface area (Å²) >= 11 is 2.92. The highest BCUT2D eigenvalue weighted by atomic mass is 32.2. The molecule has 0 aliphatic heterocycles. The van der Waals surface area contributed by atoms with Crippen LogP contribution in [0.5, 0.6) is 0 Å². The normalized spacial score (nSPS) is 12.0. The zero-order chi connectivity index (χ0) is 18.7. The Balaban J connectivity index is 2.14. The van der Waals surface area contributed by atoms with Gasteiger partial charge in [-0.15, -0.1) is 17.9 Å². The number of fused-ring (bicyclic) bond motifs is 1. The van der Waals surface area contributed by atoms with Gasteiger partial charge in [-0.2, -0.15) is 5.26 Å². The van der Waals surface area contributed by atoms with E-state index in [1.807, 2.05) is 43.5 Å². The molecule has 0 aliphatic carbocycles. The van der Waals surface area contributed by atoms with Crippen molar-refractivity contribution >= 4 is 33.3 Å². The van der Waals surface area contributed by atoms with E-state index in [1.165, 1.54) is 28.7 Å². The Morgan fingerprint density at radius 1 is 1.42 bits per heavy atom. The maximum atomic E-state index is 13.2. The van der Waals surface area contributed by atoms with Crippen molar-refractivity contribution < 1.29 is 0 Å². The van der Waals surface area contributed by atoms with E-state index in [1.54, 1.807) is 10.6 Å². The van der Waals surface area contributed by atoms with Crippen molar-refractivity contribution in [1.82, 2.24) is 9.55 Å². The summed E-state index contributed by atoms with van der Waals surface area (Å²) in [4.78, 5) is 18.6. The second kappa shape index (κ2) is 7.90. The molecule has 6 heteroatoms. The monoisotopic (exact) mass is 381 g/mol. The summed E-state index contributed by atoms with van der Waals surface area (Å²) in [5, 5.41) is 12.3. The Labute approximate surface area is 160 Å². The number of thioether (sulfide) groups is 1. The molecule has 0 radical (unpaired) electrons. The minimum atomic E-state index is -0.101. The minimum absolute atomic E-state index is 0.0566. The highest BCUT2D eigenvalue weighted by Crippen LogP contribution is 2.32. The molecule has 1 aromatic carbocycles. The van der Waals surface area contributed by atoms with Crippen molar-refractivity contribution in [3.05, 3.63) is 58.2 Å². The first-order valence-electron chi connectivity index (χ1n) is 8.27. The summed E-state index contributed by atoms with van der Waals surface area (Å²) in [5.41, 5.74) is 3.06. The first-order valence-corrected chi connectivity index (χ1v) is 10.1. The third-order valence-electron chi connectivity index (χ3n) is 4.02. The highest BCUT2D eigenvalue weighted by Gasteiger charge is 2.17. The molecular formula is C20H19N3OS2. The van der Waals surface area contributed by atoms with Gasteiger partial charge in [0.25, 0.3) is 5.56 Å². The molecule has 0 saturated heterocycles. The molecule has 2 heterocycles. The van der Waals surface area contributed by atoms with Crippen LogP contribution in [-0.2, 0) is 6.54 Å². The van der Waals surface area contributed by atoms with Crippen molar-refractivity contribution in [2.24, 2.45) is 5.92 Å². The molecular weight excluding hydrogens is 362 g/mol. The topological polar surface area (TPSA) is 58.7 Å². The van der Waals surface area contributed by atoms with Gasteiger partial charge >= 0.3 is 0 Å². The number of thiophene rings is 1. The molecule has 2 aromatic heterocycles. The SMILES string of the molecule is C=CCn1c(SC[C@H](C)C#N)nc2scc(-c3ccc(C)cc3)c2c1=O. The Bertz CT molecular complexity index is 1040. The fraction of sp³-hybridized carbons (Fsp3) is 0.250. The molecule has 0 fully saturated rings. The standard InChI is InChI=1S/C20H19N3OS2/c1-4-9-23-19(24)17-16(15-7-5-13(2)6-8-15)12-25-18(17)22-20(23)26-11-14(3)10-21/h4-8,12,14H,1,9,11H2,2-3H3/t14-/m1/s1. The second-order valence-corrected chi connectivity index (χ2v) is 7.98. The fourth-order valence-corrected chi connectivity index (χ4v) is 4.53. The highest BCUT2D eigenvalue weighted by molar-refractivity contribution is 7.99. The van der Waals surface area contributed by atoms with Crippen LogP contribution in [0.1, 0.15) is 12.5 Å². The largest absolute Gasteiger partial charge is 0.283 e. The van der Waals surface area contributed by atoms with E-state index < -0.39 is 0 Å². The molecule has 0 amide bonds. The van der Waals surface area contributed by atoms with Gasteiger partial charge in [0.15, 0.2) is 5.16 Å². The molecule has 1 atom stereocenters. The van der Waals surface area contributed by atoms with Crippen molar-refractivity contribution in [3.63, 3.8) is 0 Å². The quantitative estimate of drug-likeness (QED) is 0.347. The van der Waals surface area contributed by atoms with Crippen LogP contribution in [0.2, 0.25) is 0 Å². The zero-order valence-corrected chi connectivity index (χ0v) is 16.4. The molecule has 132 valence electrons. The van der Waals surface area contributed by atoms with Gasteiger partial charge in [0.05, 0.1) is 17.4 Å². The lowest BCUT2D eigenvalue weighted by Crippen LogP contribution is -2.22. The number of benzene rings is 1. The number of aromatic nitrogens is 2. The summed E-state index contributed by atoms with van der Waals surface area (Å²) < 4.78 is 1.65. The average Bonchev–Trinajstić information content (AvgIpc) is 3.07. The predicted molar refractivity (Wildman–Crippen MR) is 110 cm³/mol. The van der Waals surface area contributed by atoms with Gasteiger partial charge in [-0.05, 0) is 19.4 Å². The maximum Gasteiger partial charge on any atom is 0.263 e. The lowest BCUT2D eigenvalue weighted by atomic mass is 10.1. The number of hydrogen-bond donors (Lipinski definition) is 0. The lowest BCUT2D eigenvalue weighted by molar-refractivity contribution is 0.671. The lowest BCUT2D eigenvalue weighted by Gasteiger charge is -2.11. The Morgan fingerprint density at radius 2 is 2.15 bits per heavy atom. The van der Waals surface area contributed by atoms with Crippen LogP contribution in [-0.4, -0.2) is 15.3 Å². The second-order valence-electron chi connectivity index (χ2n) is 6.14. The number of rotatable bonds is 6. The number of nitrogens with zero attached hydrogens (tertiary/aromatic N) is 3. The summed E-state index contributed by atoms with van der Waals surface area (Å²) in [6, 6.07) is 10.4. The van der Waals surface area contributed by atoms with Gasteiger partial charge in [-0.3, -0.25) is 9.36 Å². The van der Waals surface area contributed by atoms with Crippen LogP contribution in [0.4, 0.5) is 0 Å². The van der Waals surface area contributed by atoms with E-state index in [4.69, 9.17) is 10.2 Å². The van der Waals surface area contributed by atoms with Gasteiger partial charge in [-0.1, -0.05) is 47.7 Å². The maximum absolute atomic E-state index is 13.2. The molecule has 0 aliphatic rings. The molecule has 26 heavy (non-hydrogen) atoms. The predicted octanol–water partition coefficient (Wildman–Crippen LogP) is 4.87. The number of hydrogen-bond acceptors (Lipinski definition) is 5. The van der Waals surface area contributed by atoms with E-state index in [0.717, 1.165) is 16.0 Å². The van der Waals surface area contributed by atoms with Crippen LogP contribution >= 0.6 is 23.1 Å². The van der Waals surface area contributed by atoms with E-state index in [9.17, 15) is 4.79 Å². The molecule has 0 unspecified atom stereocenters. The molecule has 0 spiro atoms. The summed E-state index contributed by atoms with van der Waals surface area (Å²) in [6.45, 7) is 8.06. The fourth-order valence-electron chi connectivity index (χ4n) is 2.59. The summed E-state index contributed by atoms with van der Waals surface area (Å²) in [6.07, 6.45) is 1.70. The molecule has 0 N–H and O–H groups in total. The van der Waals surface area contributed by atoms with Gasteiger partial charge in [-0.25, -0.2) is 4.98 Å². The van der Waals surface area contributed by atoms with Gasteiger partial charge < -0.3 is 0 Å². The molecule has 0 saturated carbocycles. The number of nitriles is 1. The Hall–Kier alpha value is -2.36. The van der Waals surface area contributed by atoms with Crippen LogP contribution in [0, 0.1) is 24.2 Å². The van der Waals surface area contributed by atoms with Crippen LogP contribution in [0.3, 0.4) is 0 Å². The molecule has 3 rings (SSSR count). The van der Waals surface area contributed by atoms with Gasteiger partial charge in [0.2, 0.25) is 0 Å². The smallest absolute Gasteiger partial charge is 0.263 e. The van der Waals surface area contributed by atoms with Gasteiger partial charge in [0.1, 0.15) is 4.83 Å². The number of allylic oxidation sites excluding steroid dienone is 1. The number of aryl methyl sites for hydroxylation is 1. The van der Waals surface area contributed by atoms with Crippen LogP contribution in [0.15, 0.2) is 52.3 Å². The van der Waals surface area contributed by atoms with Gasteiger partial charge in [0, 0.05) is 23.2 Å². The van der Waals surface area contributed by atoms with E-state index >= 15 is 0 Å². The van der Waals surface area contributed by atoms with E-state index in [2.05, 4.69) is 12.6 Å². The zero-order valence-electron chi connectivity index (χ0n) is 14.7. The first kappa shape index (κ1) is 18.4. The van der Waals surface area contributed by atoms with Crippen molar-refractivity contribution in [2.45, 2.75) is 25.5 Å². The first-order chi connectivity index (χ1) is 12.5. The molecule has 0 bridgehead atoms. The minimum Gasteiger partial charge on any atom is -0.283 e.